The smallest absolute Gasteiger partial charge is 0.222 e. The van der Waals surface area contributed by atoms with E-state index in [9.17, 15) is 4.79 Å². The Balaban J connectivity index is 1.97. The number of benzene rings is 2. The van der Waals surface area contributed by atoms with Crippen molar-refractivity contribution < 1.29 is 19.0 Å². The van der Waals surface area contributed by atoms with Gasteiger partial charge in [-0.3, -0.25) is 4.79 Å². The Morgan fingerprint density at radius 1 is 0.963 bits per heavy atom. The van der Waals surface area contributed by atoms with Gasteiger partial charge in [-0.25, -0.2) is 0 Å². The van der Waals surface area contributed by atoms with E-state index < -0.39 is 0 Å². The number of ether oxygens (including phenoxy) is 3. The number of carbonyl (C=O) groups is 1. The second kappa shape index (κ2) is 10.5. The Bertz CT molecular complexity index is 745. The fourth-order valence-corrected chi connectivity index (χ4v) is 2.87. The van der Waals surface area contributed by atoms with Gasteiger partial charge in [0.15, 0.2) is 11.5 Å². The van der Waals surface area contributed by atoms with Crippen LogP contribution in [0.1, 0.15) is 31.4 Å². The van der Waals surface area contributed by atoms with Gasteiger partial charge in [0.2, 0.25) is 5.91 Å². The number of rotatable bonds is 10. The first-order chi connectivity index (χ1) is 13.1. The number of para-hydroxylation sites is 1. The molecule has 5 heteroatoms. The van der Waals surface area contributed by atoms with Gasteiger partial charge in [0.25, 0.3) is 0 Å². The first kappa shape index (κ1) is 20.6. The minimum absolute atomic E-state index is 0.0905. The van der Waals surface area contributed by atoms with E-state index in [2.05, 4.69) is 0 Å². The van der Waals surface area contributed by atoms with Crippen molar-refractivity contribution in [2.75, 3.05) is 27.4 Å². The van der Waals surface area contributed by atoms with Crippen LogP contribution in [-0.2, 0) is 17.8 Å². The Kier molecular flexibility index (Phi) is 7.99. The predicted molar refractivity (Wildman–Crippen MR) is 107 cm³/mol. The summed E-state index contributed by atoms with van der Waals surface area (Å²) in [6.45, 7) is 5.57. The second-order valence-corrected chi connectivity index (χ2v) is 6.21. The summed E-state index contributed by atoms with van der Waals surface area (Å²) in [5, 5.41) is 0. The van der Waals surface area contributed by atoms with Crippen LogP contribution in [0.2, 0.25) is 0 Å². The van der Waals surface area contributed by atoms with E-state index in [0.29, 0.717) is 32.6 Å². The molecular weight excluding hydrogens is 342 g/mol. The Morgan fingerprint density at radius 2 is 1.67 bits per heavy atom. The molecule has 0 N–H and O–H groups in total. The SMILES string of the molecule is CCOc1ccc(CCC(=O)N(C)Cc2ccccc2OC)cc1OCC. The molecule has 5 nitrogen and oxygen atoms in total. The van der Waals surface area contributed by atoms with Gasteiger partial charge in [-0.2, -0.15) is 0 Å². The molecule has 2 aromatic carbocycles. The van der Waals surface area contributed by atoms with E-state index in [0.717, 1.165) is 28.4 Å². The molecule has 0 aliphatic heterocycles. The summed E-state index contributed by atoms with van der Waals surface area (Å²) in [5.74, 6) is 2.35. The topological polar surface area (TPSA) is 48.0 Å². The highest BCUT2D eigenvalue weighted by Crippen LogP contribution is 2.29. The van der Waals surface area contributed by atoms with Crippen LogP contribution in [0.5, 0.6) is 17.2 Å². The van der Waals surface area contributed by atoms with Crippen molar-refractivity contribution in [3.05, 3.63) is 53.6 Å². The molecule has 0 radical (unpaired) electrons. The highest BCUT2D eigenvalue weighted by atomic mass is 16.5. The first-order valence-electron chi connectivity index (χ1n) is 9.33. The van der Waals surface area contributed by atoms with Crippen LogP contribution < -0.4 is 14.2 Å². The maximum atomic E-state index is 12.5. The average molecular weight is 371 g/mol. The van der Waals surface area contributed by atoms with Gasteiger partial charge in [0, 0.05) is 25.6 Å². The van der Waals surface area contributed by atoms with Crippen molar-refractivity contribution in [3.8, 4) is 17.2 Å². The van der Waals surface area contributed by atoms with Crippen molar-refractivity contribution in [2.45, 2.75) is 33.2 Å². The lowest BCUT2D eigenvalue weighted by atomic mass is 10.1. The molecule has 0 saturated carbocycles. The predicted octanol–water partition coefficient (Wildman–Crippen LogP) is 4.08. The summed E-state index contributed by atoms with van der Waals surface area (Å²) in [6.07, 6.45) is 1.09. The summed E-state index contributed by atoms with van der Waals surface area (Å²) in [7, 11) is 3.46. The molecule has 0 spiro atoms. The van der Waals surface area contributed by atoms with Crippen molar-refractivity contribution in [2.24, 2.45) is 0 Å². The standard InChI is InChI=1S/C22H29NO4/c1-5-26-20-13-11-17(15-21(20)27-6-2)12-14-22(24)23(3)16-18-9-7-8-10-19(18)25-4/h7-11,13,15H,5-6,12,14,16H2,1-4H3. The van der Waals surface area contributed by atoms with Crippen molar-refractivity contribution in [1.29, 1.82) is 0 Å². The Hall–Kier alpha value is -2.69. The van der Waals surface area contributed by atoms with Crippen LogP contribution in [0.15, 0.2) is 42.5 Å². The minimum Gasteiger partial charge on any atom is -0.496 e. The molecule has 1 amide bonds. The number of hydrogen-bond donors (Lipinski definition) is 0. The summed E-state index contributed by atoms with van der Waals surface area (Å²) in [5.41, 5.74) is 2.05. The van der Waals surface area contributed by atoms with Crippen molar-refractivity contribution >= 4 is 5.91 Å². The highest BCUT2D eigenvalue weighted by Gasteiger charge is 2.13. The molecule has 0 saturated heterocycles. The number of amides is 1. The zero-order valence-electron chi connectivity index (χ0n) is 16.7. The van der Waals surface area contributed by atoms with Gasteiger partial charge in [-0.1, -0.05) is 24.3 Å². The molecule has 0 aliphatic rings. The lowest BCUT2D eigenvalue weighted by molar-refractivity contribution is -0.130. The molecular formula is C22H29NO4. The van der Waals surface area contributed by atoms with Gasteiger partial charge in [-0.15, -0.1) is 0 Å². The Morgan fingerprint density at radius 3 is 2.37 bits per heavy atom. The van der Waals surface area contributed by atoms with Gasteiger partial charge in [0.1, 0.15) is 5.75 Å². The molecule has 0 fully saturated rings. The average Bonchev–Trinajstić information content (AvgIpc) is 2.68. The number of hydrogen-bond acceptors (Lipinski definition) is 4. The number of methoxy groups -OCH3 is 1. The third-order valence-corrected chi connectivity index (χ3v) is 4.26. The second-order valence-electron chi connectivity index (χ2n) is 6.21. The zero-order valence-corrected chi connectivity index (χ0v) is 16.7. The largest absolute Gasteiger partial charge is 0.496 e. The van der Waals surface area contributed by atoms with Crippen molar-refractivity contribution in [1.82, 2.24) is 4.90 Å². The summed E-state index contributed by atoms with van der Waals surface area (Å²) in [4.78, 5) is 14.3. The normalized spacial score (nSPS) is 10.4. The maximum absolute atomic E-state index is 12.5. The van der Waals surface area contributed by atoms with Crippen LogP contribution in [0, 0.1) is 0 Å². The van der Waals surface area contributed by atoms with Crippen LogP contribution in [-0.4, -0.2) is 38.2 Å². The minimum atomic E-state index is 0.0905. The number of carbonyl (C=O) groups excluding carboxylic acids is 1. The molecule has 2 rings (SSSR count). The van der Waals surface area contributed by atoms with Crippen LogP contribution in [0.3, 0.4) is 0 Å². The third kappa shape index (κ3) is 5.91. The molecule has 0 unspecified atom stereocenters. The van der Waals surface area contributed by atoms with E-state index in [4.69, 9.17) is 14.2 Å². The quantitative estimate of drug-likeness (QED) is 0.631. The molecule has 0 bridgehead atoms. The molecule has 0 heterocycles. The molecule has 0 atom stereocenters. The van der Waals surface area contributed by atoms with Gasteiger partial charge < -0.3 is 19.1 Å². The van der Waals surface area contributed by atoms with E-state index in [1.54, 1.807) is 12.0 Å². The summed E-state index contributed by atoms with van der Waals surface area (Å²) >= 11 is 0. The molecule has 0 aliphatic carbocycles. The zero-order chi connectivity index (χ0) is 19.6. The van der Waals surface area contributed by atoms with Crippen molar-refractivity contribution in [3.63, 3.8) is 0 Å². The maximum Gasteiger partial charge on any atom is 0.222 e. The molecule has 0 aromatic heterocycles. The van der Waals surface area contributed by atoms with Gasteiger partial charge in [-0.05, 0) is 44.0 Å². The molecule has 2 aromatic rings. The van der Waals surface area contributed by atoms with E-state index in [1.165, 1.54) is 0 Å². The lowest BCUT2D eigenvalue weighted by Crippen LogP contribution is -2.26. The molecule has 27 heavy (non-hydrogen) atoms. The van der Waals surface area contributed by atoms with Gasteiger partial charge >= 0.3 is 0 Å². The lowest BCUT2D eigenvalue weighted by Gasteiger charge is -2.19. The fourth-order valence-electron chi connectivity index (χ4n) is 2.87. The van der Waals surface area contributed by atoms with E-state index in [1.807, 2.05) is 63.4 Å². The monoisotopic (exact) mass is 371 g/mol. The highest BCUT2D eigenvalue weighted by molar-refractivity contribution is 5.76. The summed E-state index contributed by atoms with van der Waals surface area (Å²) < 4.78 is 16.6. The summed E-state index contributed by atoms with van der Waals surface area (Å²) in [6, 6.07) is 13.6. The third-order valence-electron chi connectivity index (χ3n) is 4.26. The van der Waals surface area contributed by atoms with Crippen LogP contribution >= 0.6 is 0 Å². The van der Waals surface area contributed by atoms with Crippen LogP contribution in [0.25, 0.3) is 0 Å². The fraction of sp³-hybridized carbons (Fsp3) is 0.409. The first-order valence-corrected chi connectivity index (χ1v) is 9.33. The Labute approximate surface area is 161 Å². The number of aryl methyl sites for hydroxylation is 1. The number of nitrogens with zero attached hydrogens (tertiary/aromatic N) is 1. The van der Waals surface area contributed by atoms with E-state index >= 15 is 0 Å². The van der Waals surface area contributed by atoms with Gasteiger partial charge in [0.05, 0.1) is 20.3 Å². The van der Waals surface area contributed by atoms with Crippen LogP contribution in [0.4, 0.5) is 0 Å². The molecule has 146 valence electrons. The van der Waals surface area contributed by atoms with E-state index in [-0.39, 0.29) is 5.91 Å².